The van der Waals surface area contributed by atoms with Crippen molar-refractivity contribution in [1.29, 1.82) is 0 Å². The number of hydrogen-bond acceptors (Lipinski definition) is 4. The minimum absolute atomic E-state index is 0.264. The van der Waals surface area contributed by atoms with E-state index in [0.717, 1.165) is 22.4 Å². The Kier molecular flexibility index (Phi) is 4.85. The van der Waals surface area contributed by atoms with Crippen molar-refractivity contribution >= 4 is 17.7 Å². The van der Waals surface area contributed by atoms with E-state index < -0.39 is 0 Å². The van der Waals surface area contributed by atoms with Crippen LogP contribution in [0.25, 0.3) is 11.1 Å². The van der Waals surface area contributed by atoms with Gasteiger partial charge in [-0.15, -0.1) is 0 Å². The molecule has 1 fully saturated rings. The maximum absolute atomic E-state index is 12.8. The third kappa shape index (κ3) is 3.49. The van der Waals surface area contributed by atoms with Crippen LogP contribution in [0.2, 0.25) is 0 Å². The Hall–Kier alpha value is -3.54. The van der Waals surface area contributed by atoms with Crippen LogP contribution >= 0.6 is 0 Å². The van der Waals surface area contributed by atoms with E-state index in [4.69, 9.17) is 9.15 Å². The van der Waals surface area contributed by atoms with E-state index >= 15 is 0 Å². The zero-order chi connectivity index (χ0) is 19.5. The van der Waals surface area contributed by atoms with Crippen LogP contribution < -0.4 is 10.2 Å². The molecule has 1 saturated heterocycles. The Labute approximate surface area is 162 Å². The molecule has 0 radical (unpaired) electrons. The van der Waals surface area contributed by atoms with Crippen LogP contribution in [0, 0.1) is 0 Å². The molecule has 0 aliphatic carbocycles. The summed E-state index contributed by atoms with van der Waals surface area (Å²) in [4.78, 5) is 26.2. The van der Waals surface area contributed by atoms with Crippen LogP contribution in [-0.4, -0.2) is 25.2 Å². The van der Waals surface area contributed by atoms with Gasteiger partial charge in [-0.3, -0.25) is 9.69 Å². The topological polar surface area (TPSA) is 71.8 Å². The third-order valence-electron chi connectivity index (χ3n) is 4.75. The molecule has 1 N–H and O–H groups in total. The normalized spacial score (nSPS) is 14.6. The summed E-state index contributed by atoms with van der Waals surface area (Å²) in [5, 5.41) is 2.97. The Morgan fingerprint density at radius 2 is 1.93 bits per heavy atom. The number of cyclic esters (lactones) is 1. The van der Waals surface area contributed by atoms with Gasteiger partial charge in [-0.1, -0.05) is 42.5 Å². The van der Waals surface area contributed by atoms with Gasteiger partial charge < -0.3 is 14.5 Å². The molecule has 1 aromatic heterocycles. The summed E-state index contributed by atoms with van der Waals surface area (Å²) in [6, 6.07) is 18.7. The lowest BCUT2D eigenvalue weighted by Crippen LogP contribution is -2.27. The highest BCUT2D eigenvalue weighted by molar-refractivity contribution is 5.98. The fraction of sp³-hybridized carbons (Fsp3) is 0.182. The first-order chi connectivity index (χ1) is 13.6. The third-order valence-corrected chi connectivity index (χ3v) is 4.75. The second-order valence-electron chi connectivity index (χ2n) is 6.59. The summed E-state index contributed by atoms with van der Waals surface area (Å²) in [7, 11) is 0. The highest BCUT2D eigenvalue weighted by Gasteiger charge is 2.24. The average molecular weight is 376 g/mol. The molecule has 6 nitrogen and oxygen atoms in total. The summed E-state index contributed by atoms with van der Waals surface area (Å²) < 4.78 is 10.4. The first kappa shape index (κ1) is 17.9. The summed E-state index contributed by atoms with van der Waals surface area (Å²) in [5.41, 5.74) is 3.31. The molecule has 2 heterocycles. The molecule has 6 heteroatoms. The molecule has 0 spiro atoms. The number of amides is 2. The molecule has 1 atom stereocenters. The molecule has 2 amide bonds. The number of carbonyl (C=O) groups excluding carboxylic acids is 2. The number of ether oxygens (including phenoxy) is 1. The van der Waals surface area contributed by atoms with Gasteiger partial charge in [-0.05, 0) is 36.2 Å². The molecule has 2 aromatic carbocycles. The monoisotopic (exact) mass is 376 g/mol. The summed E-state index contributed by atoms with van der Waals surface area (Å²) in [6.07, 6.45) is 1.17. The predicted octanol–water partition coefficient (Wildman–Crippen LogP) is 4.39. The molecule has 0 unspecified atom stereocenters. The summed E-state index contributed by atoms with van der Waals surface area (Å²) in [5.74, 6) is -0.0142. The van der Waals surface area contributed by atoms with Gasteiger partial charge in [0.1, 0.15) is 6.61 Å². The molecule has 1 aliphatic rings. The molecule has 0 bridgehead atoms. The van der Waals surface area contributed by atoms with Gasteiger partial charge in [0.2, 0.25) is 0 Å². The second kappa shape index (κ2) is 7.60. The lowest BCUT2D eigenvalue weighted by molar-refractivity contribution is 0.0912. The van der Waals surface area contributed by atoms with E-state index in [2.05, 4.69) is 5.32 Å². The van der Waals surface area contributed by atoms with E-state index in [1.165, 1.54) is 6.26 Å². The van der Waals surface area contributed by atoms with E-state index in [0.29, 0.717) is 13.2 Å². The summed E-state index contributed by atoms with van der Waals surface area (Å²) in [6.45, 7) is 2.80. The van der Waals surface area contributed by atoms with Crippen molar-refractivity contribution in [3.63, 3.8) is 0 Å². The minimum atomic E-state index is -0.350. The largest absolute Gasteiger partial charge is 0.459 e. The Morgan fingerprint density at radius 3 is 2.68 bits per heavy atom. The fourth-order valence-corrected chi connectivity index (χ4v) is 3.27. The van der Waals surface area contributed by atoms with Crippen molar-refractivity contribution in [2.45, 2.75) is 13.0 Å². The lowest BCUT2D eigenvalue weighted by atomic mass is 10.0. The van der Waals surface area contributed by atoms with Gasteiger partial charge in [0.25, 0.3) is 5.91 Å². The van der Waals surface area contributed by atoms with Gasteiger partial charge in [0.15, 0.2) is 5.76 Å². The van der Waals surface area contributed by atoms with Crippen LogP contribution in [0.4, 0.5) is 10.5 Å². The molecular weight excluding hydrogens is 356 g/mol. The van der Waals surface area contributed by atoms with Crippen molar-refractivity contribution in [1.82, 2.24) is 5.32 Å². The highest BCUT2D eigenvalue weighted by Crippen LogP contribution is 2.26. The van der Waals surface area contributed by atoms with Crippen LogP contribution in [0.5, 0.6) is 0 Å². The first-order valence-electron chi connectivity index (χ1n) is 9.11. The van der Waals surface area contributed by atoms with Crippen molar-refractivity contribution in [3.8, 4) is 11.1 Å². The molecule has 28 heavy (non-hydrogen) atoms. The maximum atomic E-state index is 12.8. The number of hydrogen-bond donors (Lipinski definition) is 1. The maximum Gasteiger partial charge on any atom is 0.414 e. The van der Waals surface area contributed by atoms with Crippen LogP contribution in [0.15, 0.2) is 71.3 Å². The van der Waals surface area contributed by atoms with Gasteiger partial charge in [0.05, 0.1) is 18.8 Å². The van der Waals surface area contributed by atoms with Crippen LogP contribution in [0.1, 0.15) is 29.1 Å². The number of carbonyl (C=O) groups is 2. The Balaban J connectivity index is 1.52. The number of nitrogens with one attached hydrogen (secondary N) is 1. The fourth-order valence-electron chi connectivity index (χ4n) is 3.27. The highest BCUT2D eigenvalue weighted by atomic mass is 16.6. The zero-order valence-corrected chi connectivity index (χ0v) is 15.4. The Bertz CT molecular complexity index is 997. The van der Waals surface area contributed by atoms with E-state index in [1.807, 2.05) is 61.5 Å². The van der Waals surface area contributed by atoms with Crippen molar-refractivity contribution in [3.05, 3.63) is 78.3 Å². The number of benzene rings is 2. The molecular formula is C22H20N2O4. The van der Waals surface area contributed by atoms with Gasteiger partial charge >= 0.3 is 6.09 Å². The van der Waals surface area contributed by atoms with Gasteiger partial charge in [-0.25, -0.2) is 4.79 Å². The van der Waals surface area contributed by atoms with Crippen molar-refractivity contribution in [2.24, 2.45) is 0 Å². The van der Waals surface area contributed by atoms with Crippen molar-refractivity contribution < 1.29 is 18.7 Å². The second-order valence-corrected chi connectivity index (χ2v) is 6.59. The van der Waals surface area contributed by atoms with Crippen LogP contribution in [0.3, 0.4) is 0 Å². The minimum Gasteiger partial charge on any atom is -0.459 e. The standard InChI is InChI=1S/C22H20N2O4/c1-15(17-8-5-9-18(14-17)24-11-13-28-22(24)26)23-21(25)20-19(10-12-27-20)16-6-3-2-4-7-16/h2-10,12,14-15H,11,13H2,1H3,(H,23,25)/t15-/m1/s1. The average Bonchev–Trinajstić information content (AvgIpc) is 3.38. The van der Waals surface area contributed by atoms with Gasteiger partial charge in [-0.2, -0.15) is 0 Å². The van der Waals surface area contributed by atoms with E-state index in [-0.39, 0.29) is 23.8 Å². The van der Waals surface area contributed by atoms with E-state index in [1.54, 1.807) is 11.0 Å². The van der Waals surface area contributed by atoms with E-state index in [9.17, 15) is 9.59 Å². The smallest absolute Gasteiger partial charge is 0.414 e. The first-order valence-corrected chi connectivity index (χ1v) is 9.11. The van der Waals surface area contributed by atoms with Crippen LogP contribution in [-0.2, 0) is 4.74 Å². The quantitative estimate of drug-likeness (QED) is 0.717. The molecule has 0 saturated carbocycles. The molecule has 1 aliphatic heterocycles. The summed E-state index contributed by atoms with van der Waals surface area (Å²) >= 11 is 0. The predicted molar refractivity (Wildman–Crippen MR) is 105 cm³/mol. The number of rotatable bonds is 5. The number of nitrogens with zero attached hydrogens (tertiary/aromatic N) is 1. The molecule has 4 rings (SSSR count). The number of anilines is 1. The molecule has 3 aromatic rings. The lowest BCUT2D eigenvalue weighted by Gasteiger charge is -2.18. The number of furan rings is 1. The van der Waals surface area contributed by atoms with Crippen molar-refractivity contribution in [2.75, 3.05) is 18.1 Å². The van der Waals surface area contributed by atoms with Gasteiger partial charge in [0, 0.05) is 11.3 Å². The zero-order valence-electron chi connectivity index (χ0n) is 15.4. The Morgan fingerprint density at radius 1 is 1.11 bits per heavy atom. The SMILES string of the molecule is C[C@@H](NC(=O)c1occc1-c1ccccc1)c1cccc(N2CCOC2=O)c1. The molecule has 142 valence electrons.